The molecular weight excluding hydrogens is 280 g/mol. The average Bonchev–Trinajstić information content (AvgIpc) is 2.82. The number of rotatable bonds is 6. The van der Waals surface area contributed by atoms with E-state index >= 15 is 0 Å². The number of nitrogens with zero attached hydrogens (tertiary/aromatic N) is 1. The minimum atomic E-state index is -3.63. The molecule has 0 aliphatic carbocycles. The third-order valence-electron chi connectivity index (χ3n) is 2.80. The quantitative estimate of drug-likeness (QED) is 0.829. The Kier molecular flexibility index (Phi) is 4.53. The normalized spacial score (nSPS) is 11.7. The molecule has 2 N–H and O–H groups in total. The summed E-state index contributed by atoms with van der Waals surface area (Å²) in [5.41, 5.74) is 0.954. The third kappa shape index (κ3) is 3.44. The first-order valence-corrected chi connectivity index (χ1v) is 7.60. The number of hydrogen-bond donors (Lipinski definition) is 2. The first-order valence-electron chi connectivity index (χ1n) is 6.11. The smallest absolute Gasteiger partial charge is 0.244 e. The fourth-order valence-electron chi connectivity index (χ4n) is 1.82. The van der Waals surface area contributed by atoms with E-state index in [1.165, 1.54) is 6.07 Å². The molecular formula is C13H16N2O4S. The van der Waals surface area contributed by atoms with Crippen LogP contribution in [0.1, 0.15) is 17.1 Å². The van der Waals surface area contributed by atoms with Crippen LogP contribution in [0.15, 0.2) is 39.9 Å². The van der Waals surface area contributed by atoms with Crippen LogP contribution in [-0.2, 0) is 23.1 Å². The maximum atomic E-state index is 12.1. The SMILES string of the molecule is Cc1oc(CO)cc1S(=O)(=O)NCCc1cccnc1. The number of aromatic nitrogens is 1. The molecule has 0 aromatic carbocycles. The van der Waals surface area contributed by atoms with E-state index in [1.807, 2.05) is 6.07 Å². The highest BCUT2D eigenvalue weighted by Crippen LogP contribution is 2.19. The van der Waals surface area contributed by atoms with Gasteiger partial charge in [0.05, 0.1) is 0 Å². The molecule has 0 amide bonds. The van der Waals surface area contributed by atoms with Crippen molar-refractivity contribution in [1.82, 2.24) is 9.71 Å². The van der Waals surface area contributed by atoms with E-state index in [4.69, 9.17) is 9.52 Å². The van der Waals surface area contributed by atoms with Gasteiger partial charge in [-0.05, 0) is 25.0 Å². The molecule has 2 heterocycles. The molecule has 20 heavy (non-hydrogen) atoms. The standard InChI is InChI=1S/C13H16N2O4S/c1-10-13(7-12(9-16)19-10)20(17,18)15-6-4-11-3-2-5-14-8-11/h2-3,5,7-8,15-16H,4,6,9H2,1H3. The highest BCUT2D eigenvalue weighted by Gasteiger charge is 2.20. The zero-order valence-electron chi connectivity index (χ0n) is 11.0. The van der Waals surface area contributed by atoms with E-state index in [9.17, 15) is 8.42 Å². The minimum absolute atomic E-state index is 0.0627. The second-order valence-corrected chi connectivity index (χ2v) is 6.04. The summed E-state index contributed by atoms with van der Waals surface area (Å²) in [6.07, 6.45) is 3.91. The monoisotopic (exact) mass is 296 g/mol. The molecule has 0 unspecified atom stereocenters. The molecule has 0 radical (unpaired) electrons. The van der Waals surface area contributed by atoms with E-state index in [2.05, 4.69) is 9.71 Å². The van der Waals surface area contributed by atoms with Gasteiger partial charge in [-0.1, -0.05) is 6.07 Å². The van der Waals surface area contributed by atoms with Crippen molar-refractivity contribution < 1.29 is 17.9 Å². The third-order valence-corrected chi connectivity index (χ3v) is 4.37. The van der Waals surface area contributed by atoms with Crippen molar-refractivity contribution in [3.8, 4) is 0 Å². The van der Waals surface area contributed by atoms with E-state index < -0.39 is 10.0 Å². The van der Waals surface area contributed by atoms with Crippen LogP contribution in [0.4, 0.5) is 0 Å². The molecule has 2 rings (SSSR count). The van der Waals surface area contributed by atoms with Gasteiger partial charge in [-0.25, -0.2) is 13.1 Å². The summed E-state index contributed by atoms with van der Waals surface area (Å²) in [5.74, 6) is 0.498. The van der Waals surface area contributed by atoms with Crippen molar-refractivity contribution in [1.29, 1.82) is 0 Å². The van der Waals surface area contributed by atoms with Crippen molar-refractivity contribution in [3.63, 3.8) is 0 Å². The van der Waals surface area contributed by atoms with Gasteiger partial charge in [0.2, 0.25) is 10.0 Å². The van der Waals surface area contributed by atoms with Crippen LogP contribution in [-0.4, -0.2) is 25.1 Å². The van der Waals surface area contributed by atoms with Crippen LogP contribution < -0.4 is 4.72 Å². The number of aryl methyl sites for hydroxylation is 1. The van der Waals surface area contributed by atoms with Gasteiger partial charge in [0.15, 0.2) is 0 Å². The molecule has 0 fully saturated rings. The molecule has 108 valence electrons. The first-order chi connectivity index (χ1) is 9.53. The van der Waals surface area contributed by atoms with E-state index in [0.29, 0.717) is 6.42 Å². The lowest BCUT2D eigenvalue weighted by Gasteiger charge is -2.05. The lowest BCUT2D eigenvalue weighted by atomic mass is 10.2. The summed E-state index contributed by atoms with van der Waals surface area (Å²) >= 11 is 0. The largest absolute Gasteiger partial charge is 0.462 e. The Morgan fingerprint density at radius 3 is 2.85 bits per heavy atom. The Bertz CT molecular complexity index is 665. The van der Waals surface area contributed by atoms with Gasteiger partial charge in [0.1, 0.15) is 23.0 Å². The van der Waals surface area contributed by atoms with Gasteiger partial charge in [-0.3, -0.25) is 4.98 Å². The maximum Gasteiger partial charge on any atom is 0.244 e. The highest BCUT2D eigenvalue weighted by molar-refractivity contribution is 7.89. The lowest BCUT2D eigenvalue weighted by molar-refractivity contribution is 0.244. The van der Waals surface area contributed by atoms with E-state index in [-0.39, 0.29) is 29.6 Å². The Hall–Kier alpha value is -1.70. The van der Waals surface area contributed by atoms with Crippen LogP contribution in [0.25, 0.3) is 0 Å². The zero-order chi connectivity index (χ0) is 14.6. The Morgan fingerprint density at radius 1 is 1.45 bits per heavy atom. The number of aliphatic hydroxyl groups is 1. The predicted octanol–water partition coefficient (Wildman–Crippen LogP) is 0.996. The number of sulfonamides is 1. The van der Waals surface area contributed by atoms with Crippen LogP contribution in [0, 0.1) is 6.92 Å². The highest BCUT2D eigenvalue weighted by atomic mass is 32.2. The summed E-state index contributed by atoms with van der Waals surface area (Å²) in [6.45, 7) is 1.49. The molecule has 0 bridgehead atoms. The Morgan fingerprint density at radius 2 is 2.25 bits per heavy atom. The van der Waals surface area contributed by atoms with Crippen molar-refractivity contribution in [2.45, 2.75) is 24.8 Å². The van der Waals surface area contributed by atoms with E-state index in [1.54, 1.807) is 25.4 Å². The first kappa shape index (κ1) is 14.7. The maximum absolute atomic E-state index is 12.1. The van der Waals surface area contributed by atoms with Gasteiger partial charge in [-0.2, -0.15) is 0 Å². The van der Waals surface area contributed by atoms with Gasteiger partial charge < -0.3 is 9.52 Å². The van der Waals surface area contributed by atoms with Crippen molar-refractivity contribution >= 4 is 10.0 Å². The molecule has 0 saturated carbocycles. The molecule has 7 heteroatoms. The zero-order valence-corrected chi connectivity index (χ0v) is 11.9. The van der Waals surface area contributed by atoms with Gasteiger partial charge in [0, 0.05) is 25.0 Å². The van der Waals surface area contributed by atoms with Crippen molar-refractivity contribution in [3.05, 3.63) is 47.7 Å². The van der Waals surface area contributed by atoms with Gasteiger partial charge in [0.25, 0.3) is 0 Å². The van der Waals surface area contributed by atoms with Crippen LogP contribution in [0.5, 0.6) is 0 Å². The average molecular weight is 296 g/mol. The predicted molar refractivity (Wildman–Crippen MR) is 72.5 cm³/mol. The summed E-state index contributed by atoms with van der Waals surface area (Å²) in [4.78, 5) is 4.03. The van der Waals surface area contributed by atoms with Crippen LogP contribution in [0.2, 0.25) is 0 Å². The van der Waals surface area contributed by atoms with Gasteiger partial charge >= 0.3 is 0 Å². The number of pyridine rings is 1. The molecule has 2 aromatic heterocycles. The fraction of sp³-hybridized carbons (Fsp3) is 0.308. The second-order valence-electron chi connectivity index (χ2n) is 4.30. The number of furan rings is 1. The molecule has 6 nitrogen and oxygen atoms in total. The van der Waals surface area contributed by atoms with Gasteiger partial charge in [-0.15, -0.1) is 0 Å². The molecule has 0 aliphatic rings. The molecule has 0 atom stereocenters. The lowest BCUT2D eigenvalue weighted by Crippen LogP contribution is -2.26. The number of hydrogen-bond acceptors (Lipinski definition) is 5. The molecule has 2 aromatic rings. The number of aliphatic hydroxyl groups excluding tert-OH is 1. The summed E-state index contributed by atoms with van der Waals surface area (Å²) in [5, 5.41) is 8.95. The van der Waals surface area contributed by atoms with Crippen LogP contribution >= 0.6 is 0 Å². The Labute approximate surface area is 117 Å². The van der Waals surface area contributed by atoms with Crippen molar-refractivity contribution in [2.75, 3.05) is 6.54 Å². The summed E-state index contributed by atoms with van der Waals surface area (Å²) < 4.78 is 31.8. The Balaban J connectivity index is 2.02. The summed E-state index contributed by atoms with van der Waals surface area (Å²) in [6, 6.07) is 5.02. The van der Waals surface area contributed by atoms with E-state index in [0.717, 1.165) is 5.56 Å². The fourth-order valence-corrected chi connectivity index (χ4v) is 3.06. The second kappa shape index (κ2) is 6.17. The topological polar surface area (TPSA) is 92.4 Å². The number of nitrogens with one attached hydrogen (secondary N) is 1. The summed E-state index contributed by atoms with van der Waals surface area (Å²) in [7, 11) is -3.63. The van der Waals surface area contributed by atoms with Crippen LogP contribution in [0.3, 0.4) is 0 Å². The molecule has 0 spiro atoms. The molecule has 0 aliphatic heterocycles. The minimum Gasteiger partial charge on any atom is -0.462 e. The molecule has 0 saturated heterocycles. The van der Waals surface area contributed by atoms with Crippen molar-refractivity contribution in [2.24, 2.45) is 0 Å².